The zero-order valence-electron chi connectivity index (χ0n) is 23.2. The normalized spacial score (nSPS) is 21.6. The lowest BCUT2D eigenvalue weighted by atomic mass is 9.81. The van der Waals surface area contributed by atoms with Crippen LogP contribution in [-0.4, -0.2) is 72.6 Å². The molecule has 3 atom stereocenters. The molecule has 1 aliphatic rings. The van der Waals surface area contributed by atoms with E-state index in [1.54, 1.807) is 6.07 Å². The number of piperazine rings is 1. The molecule has 0 aliphatic carbocycles. The molecule has 0 amide bonds. The van der Waals surface area contributed by atoms with Crippen molar-refractivity contribution in [3.8, 4) is 0 Å². The minimum atomic E-state index is -0.624. The molecule has 37 heavy (non-hydrogen) atoms. The molecule has 3 rings (SSSR count). The predicted molar refractivity (Wildman–Crippen MR) is 160 cm³/mol. The maximum atomic E-state index is 12.1. The van der Waals surface area contributed by atoms with Crippen molar-refractivity contribution in [1.29, 1.82) is 0 Å². The number of benzene rings is 2. The maximum Gasteiger partial charge on any atom is 0.252 e. The van der Waals surface area contributed by atoms with Gasteiger partial charge in [-0.15, -0.1) is 6.58 Å². The van der Waals surface area contributed by atoms with Gasteiger partial charge in [0, 0.05) is 42.7 Å². The average molecular weight is 559 g/mol. The van der Waals surface area contributed by atoms with Crippen LogP contribution in [-0.2, 0) is 14.3 Å². The lowest BCUT2D eigenvalue weighted by Crippen LogP contribution is -2.57. The Kier molecular flexibility index (Phi) is 10.9. The summed E-state index contributed by atoms with van der Waals surface area (Å²) in [5.74, 6) is 0. The molecule has 0 N–H and O–H groups in total. The Balaban J connectivity index is 2.10. The summed E-state index contributed by atoms with van der Waals surface area (Å²) in [5, 5.41) is -0.433. The minimum absolute atomic E-state index is 0.0172. The Labute approximate surface area is 233 Å². The molecule has 1 heterocycles. The first-order chi connectivity index (χ1) is 17.6. The Morgan fingerprint density at radius 3 is 2.30 bits per heavy atom. The third-order valence-electron chi connectivity index (χ3n) is 7.46. The molecule has 1 aliphatic heterocycles. The van der Waals surface area contributed by atoms with Gasteiger partial charge < -0.3 is 8.85 Å². The fraction of sp³-hybridized carbons (Fsp3) is 0.483. The summed E-state index contributed by atoms with van der Waals surface area (Å²) < 4.78 is 12.4. The van der Waals surface area contributed by atoms with Gasteiger partial charge in [0.25, 0.3) is 5.24 Å². The quantitative estimate of drug-likeness (QED) is 0.164. The van der Waals surface area contributed by atoms with E-state index in [0.717, 1.165) is 25.2 Å². The number of hydrogen-bond acceptors (Lipinski definition) is 5. The topological polar surface area (TPSA) is 42.0 Å². The van der Waals surface area contributed by atoms with Crippen molar-refractivity contribution in [2.75, 3.05) is 19.6 Å². The van der Waals surface area contributed by atoms with Crippen LogP contribution in [0.15, 0.2) is 61.2 Å². The third-order valence-corrected chi connectivity index (χ3v) is 8.95. The van der Waals surface area contributed by atoms with Crippen LogP contribution in [0.5, 0.6) is 0 Å². The molecule has 202 valence electrons. The highest BCUT2D eigenvalue weighted by Gasteiger charge is 2.36. The minimum Gasteiger partial charge on any atom is -0.400 e. The molecule has 1 fully saturated rings. The van der Waals surface area contributed by atoms with Crippen LogP contribution in [0, 0.1) is 0 Å². The Bertz CT molecular complexity index is 1060. The molecular weight excluding hydrogens is 516 g/mol. The number of rotatable bonds is 12. The first-order valence-corrected chi connectivity index (χ1v) is 17.7. The Morgan fingerprint density at radius 2 is 1.70 bits per heavy atom. The fourth-order valence-corrected chi connectivity index (χ4v) is 7.37. The standard InChI is InChI=1S/C29H43ClN2O3Si2/c1-8-15-31-18-21(3)32(19-20(31)2)26(22-11-9-13-24(16-22)27(30)33)23-12-10-14-25(17-23)29(4,5)28(34-36-6)35-37-7/h8-14,16-17,20-21,26,28H,1,15,18-19,36-37H2,2-7H3/t20-,21+,26+/m1/s1. The van der Waals surface area contributed by atoms with Crippen molar-refractivity contribution in [2.24, 2.45) is 0 Å². The molecule has 0 bridgehead atoms. The van der Waals surface area contributed by atoms with Crippen LogP contribution in [0.1, 0.15) is 60.8 Å². The Morgan fingerprint density at radius 1 is 1.08 bits per heavy atom. The van der Waals surface area contributed by atoms with Gasteiger partial charge >= 0.3 is 0 Å². The van der Waals surface area contributed by atoms with Gasteiger partial charge in [0.05, 0.1) is 6.04 Å². The van der Waals surface area contributed by atoms with E-state index in [0.29, 0.717) is 17.6 Å². The van der Waals surface area contributed by atoms with Gasteiger partial charge in [-0.3, -0.25) is 14.6 Å². The number of nitrogens with zero attached hydrogens (tertiary/aromatic N) is 2. The lowest BCUT2D eigenvalue weighted by Gasteiger charge is -2.47. The van der Waals surface area contributed by atoms with E-state index in [9.17, 15) is 4.79 Å². The highest BCUT2D eigenvalue weighted by molar-refractivity contribution is 6.67. The maximum absolute atomic E-state index is 12.1. The fourth-order valence-electron chi connectivity index (χ4n) is 5.42. The van der Waals surface area contributed by atoms with Gasteiger partial charge in [0.15, 0.2) is 19.5 Å². The van der Waals surface area contributed by atoms with Gasteiger partial charge in [-0.1, -0.05) is 75.5 Å². The molecule has 5 nitrogen and oxygen atoms in total. The zero-order valence-corrected chi connectivity index (χ0v) is 26.8. The summed E-state index contributed by atoms with van der Waals surface area (Å²) in [6.45, 7) is 20.0. The summed E-state index contributed by atoms with van der Waals surface area (Å²) in [5.41, 5.74) is 3.70. The van der Waals surface area contributed by atoms with Gasteiger partial charge in [-0.05, 0) is 48.2 Å². The second-order valence-electron chi connectivity index (χ2n) is 10.5. The first kappa shape index (κ1) is 30.0. The summed E-state index contributed by atoms with van der Waals surface area (Å²) >= 11 is 5.91. The van der Waals surface area contributed by atoms with Crippen molar-refractivity contribution >= 4 is 36.4 Å². The number of carbonyl (C=O) groups is 1. The average Bonchev–Trinajstić information content (AvgIpc) is 2.87. The largest absolute Gasteiger partial charge is 0.400 e. The summed E-state index contributed by atoms with van der Waals surface area (Å²) in [6, 6.07) is 17.3. The van der Waals surface area contributed by atoms with Crippen LogP contribution >= 0.6 is 11.6 Å². The zero-order chi connectivity index (χ0) is 27.2. The molecule has 1 saturated heterocycles. The van der Waals surface area contributed by atoms with E-state index in [1.165, 1.54) is 11.1 Å². The number of carbonyl (C=O) groups excluding carboxylic acids is 1. The molecule has 0 unspecified atom stereocenters. The van der Waals surface area contributed by atoms with E-state index in [1.807, 2.05) is 18.2 Å². The van der Waals surface area contributed by atoms with Crippen LogP contribution in [0.25, 0.3) is 0 Å². The monoisotopic (exact) mass is 558 g/mol. The van der Waals surface area contributed by atoms with Gasteiger partial charge in [-0.2, -0.15) is 0 Å². The third kappa shape index (κ3) is 7.09. The summed E-state index contributed by atoms with van der Waals surface area (Å²) in [7, 11) is -1.25. The Hall–Kier alpha value is -1.59. The van der Waals surface area contributed by atoms with E-state index in [2.05, 4.69) is 87.5 Å². The first-order valence-electron chi connectivity index (χ1n) is 13.4. The smallest absolute Gasteiger partial charge is 0.252 e. The summed E-state index contributed by atoms with van der Waals surface area (Å²) in [4.78, 5) is 17.1. The van der Waals surface area contributed by atoms with Crippen LogP contribution < -0.4 is 0 Å². The molecule has 0 aromatic heterocycles. The molecule has 8 heteroatoms. The molecule has 0 radical (unpaired) electrons. The van der Waals surface area contributed by atoms with Crippen molar-refractivity contribution in [3.63, 3.8) is 0 Å². The van der Waals surface area contributed by atoms with Gasteiger partial charge in [0.1, 0.15) is 6.29 Å². The van der Waals surface area contributed by atoms with Crippen molar-refractivity contribution in [2.45, 2.75) is 70.6 Å². The van der Waals surface area contributed by atoms with Crippen LogP contribution in [0.4, 0.5) is 0 Å². The van der Waals surface area contributed by atoms with Crippen LogP contribution in [0.2, 0.25) is 13.1 Å². The second-order valence-corrected chi connectivity index (χ2v) is 12.7. The van der Waals surface area contributed by atoms with E-state index in [4.69, 9.17) is 20.5 Å². The predicted octanol–water partition coefficient (Wildman–Crippen LogP) is 4.64. The second kappa shape index (κ2) is 13.5. The lowest BCUT2D eigenvalue weighted by molar-refractivity contribution is -0.0433. The highest BCUT2D eigenvalue weighted by atomic mass is 35.5. The molecule has 0 saturated carbocycles. The van der Waals surface area contributed by atoms with Gasteiger partial charge in [-0.25, -0.2) is 0 Å². The molecular formula is C29H43ClN2O3Si2. The van der Waals surface area contributed by atoms with E-state index in [-0.39, 0.29) is 17.7 Å². The summed E-state index contributed by atoms with van der Waals surface area (Å²) in [6.07, 6.45) is 1.75. The van der Waals surface area contributed by atoms with Crippen molar-refractivity contribution in [3.05, 3.63) is 83.4 Å². The van der Waals surface area contributed by atoms with E-state index < -0.39 is 24.8 Å². The SMILES string of the molecule is C=CCN1C[C@H](C)N([C@@H](c2cccc(C(=O)Cl)c2)c2cccc(C(C)(C)C(O[SiH2]C)O[SiH2]C)c2)C[C@H]1C. The molecule has 2 aromatic rings. The van der Waals surface area contributed by atoms with E-state index >= 15 is 0 Å². The van der Waals surface area contributed by atoms with Crippen molar-refractivity contribution < 1.29 is 13.6 Å². The number of halogens is 1. The highest BCUT2D eigenvalue weighted by Crippen LogP contribution is 2.37. The van der Waals surface area contributed by atoms with Crippen molar-refractivity contribution in [1.82, 2.24) is 9.80 Å². The van der Waals surface area contributed by atoms with Gasteiger partial charge in [0.2, 0.25) is 0 Å². The van der Waals surface area contributed by atoms with Crippen LogP contribution in [0.3, 0.4) is 0 Å². The molecule has 0 spiro atoms. The number of hydrogen-bond donors (Lipinski definition) is 0. The molecule has 2 aromatic carbocycles.